The average molecular weight is 450 g/mol. The van der Waals surface area contributed by atoms with Gasteiger partial charge in [0.2, 0.25) is 0 Å². The molecule has 160 valence electrons. The van der Waals surface area contributed by atoms with E-state index in [0.717, 1.165) is 18.2 Å². The van der Waals surface area contributed by atoms with Gasteiger partial charge in [-0.05, 0) is 49.4 Å². The van der Waals surface area contributed by atoms with Crippen molar-refractivity contribution in [3.8, 4) is 11.3 Å². The number of benzene rings is 1. The number of pyridine rings is 1. The Balaban J connectivity index is 1.73. The molecule has 6 nitrogen and oxygen atoms in total. The molecule has 0 bridgehead atoms. The van der Waals surface area contributed by atoms with E-state index in [1.165, 1.54) is 12.1 Å². The van der Waals surface area contributed by atoms with Crippen LogP contribution in [0.4, 0.5) is 17.6 Å². The number of carbonyl (C=O) groups is 1. The van der Waals surface area contributed by atoms with Crippen molar-refractivity contribution in [3.05, 3.63) is 71.9 Å². The molecule has 2 aromatic heterocycles. The summed E-state index contributed by atoms with van der Waals surface area (Å²) in [4.78, 5) is 28.1. The number of thioether (sulfide) groups is 1. The molecule has 0 amide bonds. The molecule has 0 spiro atoms. The van der Waals surface area contributed by atoms with Gasteiger partial charge in [0.1, 0.15) is 17.3 Å². The zero-order valence-electron chi connectivity index (χ0n) is 15.9. The van der Waals surface area contributed by atoms with Crippen molar-refractivity contribution >= 4 is 23.4 Å². The van der Waals surface area contributed by atoms with Crippen LogP contribution in [0.5, 0.6) is 0 Å². The van der Waals surface area contributed by atoms with E-state index in [-0.39, 0.29) is 22.2 Å². The Bertz CT molecular complexity index is 1090. The van der Waals surface area contributed by atoms with Crippen molar-refractivity contribution in [1.82, 2.24) is 15.0 Å². The molecule has 0 saturated heterocycles. The third kappa shape index (κ3) is 6.32. The summed E-state index contributed by atoms with van der Waals surface area (Å²) < 4.78 is 52.8. The number of aromatic nitrogens is 3. The highest BCUT2D eigenvalue weighted by Gasteiger charge is 2.34. The van der Waals surface area contributed by atoms with E-state index >= 15 is 0 Å². The third-order valence-corrected chi connectivity index (χ3v) is 4.66. The Hall–Kier alpha value is -3.34. The molecule has 0 aliphatic rings. The summed E-state index contributed by atoms with van der Waals surface area (Å²) in [5.74, 6) is -1.69. The van der Waals surface area contributed by atoms with Crippen LogP contribution in [0.2, 0.25) is 0 Å². The van der Waals surface area contributed by atoms with Gasteiger partial charge in [-0.25, -0.2) is 19.2 Å². The lowest BCUT2D eigenvalue weighted by atomic mass is 10.1. The van der Waals surface area contributed by atoms with Gasteiger partial charge in [-0.3, -0.25) is 4.98 Å². The van der Waals surface area contributed by atoms with Crippen molar-refractivity contribution in [2.75, 3.05) is 5.75 Å². The van der Waals surface area contributed by atoms with E-state index in [2.05, 4.69) is 20.1 Å². The van der Waals surface area contributed by atoms with Crippen molar-refractivity contribution in [1.29, 1.82) is 0 Å². The average Bonchev–Trinajstić information content (AvgIpc) is 2.76. The number of halogens is 4. The first-order chi connectivity index (χ1) is 14.7. The summed E-state index contributed by atoms with van der Waals surface area (Å²) in [5.41, 5.74) is 0.167. The smallest absolute Gasteiger partial charge is 0.317 e. The predicted molar refractivity (Wildman–Crippen MR) is 106 cm³/mol. The summed E-state index contributed by atoms with van der Waals surface area (Å²) >= 11 is 0.668. The van der Waals surface area contributed by atoms with Crippen molar-refractivity contribution < 1.29 is 27.2 Å². The summed E-state index contributed by atoms with van der Waals surface area (Å²) in [7, 11) is 0. The molecule has 0 N–H and O–H groups in total. The Morgan fingerprint density at radius 2 is 1.77 bits per heavy atom. The zero-order chi connectivity index (χ0) is 22.4. The quantitative estimate of drug-likeness (QED) is 0.135. The molecular weight excluding hydrogens is 436 g/mol. The van der Waals surface area contributed by atoms with Gasteiger partial charge in [-0.2, -0.15) is 13.2 Å². The van der Waals surface area contributed by atoms with E-state index in [1.807, 2.05) is 0 Å². The molecule has 3 rings (SSSR count). The summed E-state index contributed by atoms with van der Waals surface area (Å²) in [6.45, 7) is 1.63. The summed E-state index contributed by atoms with van der Waals surface area (Å²) in [5, 5.41) is 3.43. The second-order valence-corrected chi connectivity index (χ2v) is 7.03. The van der Waals surface area contributed by atoms with E-state index in [4.69, 9.17) is 4.84 Å². The molecule has 0 aliphatic heterocycles. The fourth-order valence-electron chi connectivity index (χ4n) is 2.32. The summed E-state index contributed by atoms with van der Waals surface area (Å²) in [6, 6.07) is 8.94. The van der Waals surface area contributed by atoms with Crippen LogP contribution >= 0.6 is 11.8 Å². The van der Waals surface area contributed by atoms with Crippen LogP contribution in [0, 0.1) is 5.82 Å². The summed E-state index contributed by atoms with van der Waals surface area (Å²) in [6.07, 6.45) is -1.62. The van der Waals surface area contributed by atoms with E-state index in [9.17, 15) is 22.4 Å². The first-order valence-corrected chi connectivity index (χ1v) is 9.71. The van der Waals surface area contributed by atoms with Crippen LogP contribution in [0.25, 0.3) is 11.3 Å². The fourth-order valence-corrected chi connectivity index (χ4v) is 2.94. The molecular formula is C20H14F4N4O2S. The van der Waals surface area contributed by atoms with Gasteiger partial charge in [0.15, 0.2) is 5.16 Å². The topological polar surface area (TPSA) is 77.3 Å². The number of rotatable bonds is 6. The Morgan fingerprint density at radius 3 is 2.42 bits per heavy atom. The fraction of sp³-hybridized carbons (Fsp3) is 0.150. The molecule has 11 heteroatoms. The molecule has 0 radical (unpaired) electrons. The van der Waals surface area contributed by atoms with E-state index < -0.39 is 23.7 Å². The third-order valence-electron chi connectivity index (χ3n) is 3.84. The highest BCUT2D eigenvalue weighted by Crippen LogP contribution is 2.32. The lowest BCUT2D eigenvalue weighted by molar-refractivity contribution is -0.141. The molecule has 0 saturated carbocycles. The Morgan fingerprint density at radius 1 is 1.10 bits per heavy atom. The molecule has 0 atom stereocenters. The highest BCUT2D eigenvalue weighted by molar-refractivity contribution is 7.99. The van der Waals surface area contributed by atoms with Crippen LogP contribution < -0.4 is 0 Å². The molecule has 3 aromatic rings. The number of hydrogen-bond acceptors (Lipinski definition) is 7. The lowest BCUT2D eigenvalue weighted by Crippen LogP contribution is -2.11. The number of carbonyl (C=O) groups excluding carboxylic acids is 1. The van der Waals surface area contributed by atoms with Crippen LogP contribution in [0.3, 0.4) is 0 Å². The van der Waals surface area contributed by atoms with Gasteiger partial charge in [0, 0.05) is 23.5 Å². The maximum atomic E-state index is 13.2. The molecule has 2 heterocycles. The van der Waals surface area contributed by atoms with Gasteiger partial charge < -0.3 is 4.84 Å². The SMILES string of the molecule is CC(=NOC(=O)CSc1nc(-c2ccc(F)cc2)cc(C(F)(F)F)n1)c1ccncc1. The second-order valence-electron chi connectivity index (χ2n) is 6.09. The first kappa shape index (κ1) is 22.3. The minimum Gasteiger partial charge on any atom is -0.317 e. The van der Waals surface area contributed by atoms with Crippen LogP contribution in [0.15, 0.2) is 65.2 Å². The Labute approximate surface area is 178 Å². The molecule has 0 fully saturated rings. The minimum absolute atomic E-state index is 0.0512. The Kier molecular flexibility index (Phi) is 6.95. The van der Waals surface area contributed by atoms with Crippen LogP contribution in [-0.4, -0.2) is 32.4 Å². The lowest BCUT2D eigenvalue weighted by Gasteiger charge is -2.10. The van der Waals surface area contributed by atoms with Crippen LogP contribution in [-0.2, 0) is 15.8 Å². The molecule has 1 aromatic carbocycles. The van der Waals surface area contributed by atoms with Crippen molar-refractivity contribution in [2.45, 2.75) is 18.3 Å². The van der Waals surface area contributed by atoms with Gasteiger partial charge in [-0.1, -0.05) is 16.9 Å². The molecule has 0 aliphatic carbocycles. The number of nitrogens with zero attached hydrogens (tertiary/aromatic N) is 4. The standard InChI is InChI=1S/C20H14F4N4O2S/c1-12(13-6-8-25-9-7-13)28-30-18(29)11-31-19-26-16(10-17(27-19)20(22,23)24)14-2-4-15(21)5-3-14/h2-10H,11H2,1H3. The van der Waals surface area contributed by atoms with Crippen LogP contribution in [0.1, 0.15) is 18.2 Å². The maximum Gasteiger partial charge on any atom is 0.433 e. The number of hydrogen-bond donors (Lipinski definition) is 0. The molecule has 0 unspecified atom stereocenters. The van der Waals surface area contributed by atoms with Gasteiger partial charge in [0.25, 0.3) is 0 Å². The van der Waals surface area contributed by atoms with E-state index in [1.54, 1.807) is 31.5 Å². The van der Waals surface area contributed by atoms with Crippen molar-refractivity contribution in [2.24, 2.45) is 5.16 Å². The first-order valence-electron chi connectivity index (χ1n) is 8.72. The monoisotopic (exact) mass is 450 g/mol. The predicted octanol–water partition coefficient (Wildman–Crippen LogP) is 4.76. The van der Waals surface area contributed by atoms with Gasteiger partial charge in [-0.15, -0.1) is 0 Å². The normalized spacial score (nSPS) is 12.0. The number of alkyl halides is 3. The van der Waals surface area contributed by atoms with E-state index in [0.29, 0.717) is 23.0 Å². The van der Waals surface area contributed by atoms with Gasteiger partial charge in [0.05, 0.1) is 11.4 Å². The van der Waals surface area contributed by atoms with Gasteiger partial charge >= 0.3 is 12.1 Å². The minimum atomic E-state index is -4.72. The molecule has 31 heavy (non-hydrogen) atoms. The zero-order valence-corrected chi connectivity index (χ0v) is 16.7. The maximum absolute atomic E-state index is 13.2. The largest absolute Gasteiger partial charge is 0.433 e. The highest BCUT2D eigenvalue weighted by atomic mass is 32.2. The number of oxime groups is 1. The second kappa shape index (κ2) is 9.65. The van der Waals surface area contributed by atoms with Crippen molar-refractivity contribution in [3.63, 3.8) is 0 Å².